The quantitative estimate of drug-likeness (QED) is 0.187. The van der Waals surface area contributed by atoms with Crippen molar-refractivity contribution in [3.8, 4) is 5.75 Å². The molecular formula is C30H38ClN3O7. The summed E-state index contributed by atoms with van der Waals surface area (Å²) in [5.41, 5.74) is 2.54. The lowest BCUT2D eigenvalue weighted by molar-refractivity contribution is -0.148. The summed E-state index contributed by atoms with van der Waals surface area (Å²) in [4.78, 5) is 40.8. The zero-order chi connectivity index (χ0) is 30.5. The van der Waals surface area contributed by atoms with E-state index in [1.165, 1.54) is 11.0 Å². The molecule has 7 N–H and O–H groups in total. The number of allylic oxidation sites excluding steroid dienone is 2. The predicted octanol–water partition coefficient (Wildman–Crippen LogP) is 2.85. The molecule has 0 aromatic heterocycles. The number of amides is 1. The summed E-state index contributed by atoms with van der Waals surface area (Å²) in [6.07, 6.45) is 3.82. The van der Waals surface area contributed by atoms with Gasteiger partial charge < -0.3 is 31.5 Å². The predicted molar refractivity (Wildman–Crippen MR) is 154 cm³/mol. The number of aromatic hydroxyl groups is 1. The number of fused-ring (bicyclic) bond motifs is 3. The maximum atomic E-state index is 13.8. The molecule has 11 heteroatoms. The van der Waals surface area contributed by atoms with E-state index in [0.29, 0.717) is 28.6 Å². The van der Waals surface area contributed by atoms with Crippen molar-refractivity contribution in [1.82, 2.24) is 10.2 Å². The first-order valence-corrected chi connectivity index (χ1v) is 14.1. The van der Waals surface area contributed by atoms with Gasteiger partial charge in [-0.25, -0.2) is 0 Å². The molecule has 0 bridgehead atoms. The summed E-state index contributed by atoms with van der Waals surface area (Å²) in [5.74, 6) is -6.56. The third kappa shape index (κ3) is 4.76. The summed E-state index contributed by atoms with van der Waals surface area (Å²) in [6.45, 7) is 8.33. The number of carbonyl (C=O) groups excluding carboxylic acids is 3. The largest absolute Gasteiger partial charge is 0.510 e. The van der Waals surface area contributed by atoms with Crippen molar-refractivity contribution in [2.45, 2.75) is 63.8 Å². The Morgan fingerprint density at radius 2 is 1.98 bits per heavy atom. The van der Waals surface area contributed by atoms with Gasteiger partial charge in [0.25, 0.3) is 5.91 Å². The van der Waals surface area contributed by atoms with Gasteiger partial charge in [-0.15, -0.1) is 6.58 Å². The number of aliphatic hydroxyl groups is 3. The third-order valence-corrected chi connectivity index (χ3v) is 9.52. The van der Waals surface area contributed by atoms with Gasteiger partial charge in [0, 0.05) is 29.1 Å². The molecule has 3 aliphatic carbocycles. The summed E-state index contributed by atoms with van der Waals surface area (Å²) in [7, 11) is 3.17. The lowest BCUT2D eigenvalue weighted by atomic mass is 9.58. The van der Waals surface area contributed by atoms with Crippen LogP contribution in [-0.4, -0.2) is 74.6 Å². The van der Waals surface area contributed by atoms with Crippen LogP contribution in [0.15, 0.2) is 41.4 Å². The molecule has 0 heterocycles. The molecule has 1 amide bonds. The molecule has 0 radical (unpaired) electrons. The third-order valence-electron chi connectivity index (χ3n) is 9.05. The lowest BCUT2D eigenvalue weighted by Gasteiger charge is -2.50. The second kappa shape index (κ2) is 11.2. The molecule has 0 aliphatic heterocycles. The van der Waals surface area contributed by atoms with Crippen LogP contribution in [0.2, 0.25) is 5.02 Å². The summed E-state index contributed by atoms with van der Waals surface area (Å²) in [5, 5.41) is 48.6. The zero-order valence-corrected chi connectivity index (χ0v) is 24.5. The Labute approximate surface area is 244 Å². The Morgan fingerprint density at radius 1 is 1.32 bits per heavy atom. The molecular weight excluding hydrogens is 550 g/mol. The average Bonchev–Trinajstić information content (AvgIpc) is 2.89. The summed E-state index contributed by atoms with van der Waals surface area (Å²) >= 11 is 6.83. The van der Waals surface area contributed by atoms with E-state index >= 15 is 0 Å². The summed E-state index contributed by atoms with van der Waals surface area (Å²) < 4.78 is 0. The number of benzene rings is 1. The van der Waals surface area contributed by atoms with Crippen LogP contribution in [0.4, 0.5) is 0 Å². The summed E-state index contributed by atoms with van der Waals surface area (Å²) in [6, 6.07) is 0.489. The van der Waals surface area contributed by atoms with Crippen LogP contribution in [0.5, 0.6) is 5.75 Å². The van der Waals surface area contributed by atoms with E-state index in [9.17, 15) is 34.8 Å². The smallest absolute Gasteiger partial charge is 0.255 e. The van der Waals surface area contributed by atoms with Gasteiger partial charge in [-0.05, 0) is 69.3 Å². The molecule has 0 spiro atoms. The first kappa shape index (κ1) is 30.8. The average molecular weight is 588 g/mol. The number of nitrogens with zero attached hydrogens (tertiary/aromatic N) is 1. The second-order valence-electron chi connectivity index (χ2n) is 11.5. The highest BCUT2D eigenvalue weighted by molar-refractivity contribution is 6.33. The Hall–Kier alpha value is -3.18. The number of aliphatic hydroxyl groups excluding tert-OH is 2. The fraction of sp³-hybridized carbons (Fsp3) is 0.500. The Kier molecular flexibility index (Phi) is 8.44. The lowest BCUT2D eigenvalue weighted by Crippen LogP contribution is -2.63. The molecule has 41 heavy (non-hydrogen) atoms. The SMILES string of the molecule is C=CCC(CC)C(C)NCc1cc(O)c2c(c1Cl)C[C@H]1C[C@H]3[C@H](N(C)C)C(O)=C(C(N)=O)C(=O)C3(O)C(O)=C1C2=O. The van der Waals surface area contributed by atoms with Gasteiger partial charge in [0.1, 0.15) is 22.8 Å². The molecule has 0 fully saturated rings. The van der Waals surface area contributed by atoms with Crippen LogP contribution < -0.4 is 11.1 Å². The molecule has 222 valence electrons. The second-order valence-corrected chi connectivity index (χ2v) is 11.9. The number of phenols is 1. The van der Waals surface area contributed by atoms with Crippen molar-refractivity contribution < 1.29 is 34.8 Å². The molecule has 3 aliphatic rings. The topological polar surface area (TPSA) is 173 Å². The number of hydrogen-bond donors (Lipinski definition) is 6. The van der Waals surface area contributed by atoms with Crippen LogP contribution >= 0.6 is 11.6 Å². The first-order valence-electron chi connectivity index (χ1n) is 13.7. The highest BCUT2D eigenvalue weighted by atomic mass is 35.5. The van der Waals surface area contributed by atoms with Crippen molar-refractivity contribution in [2.24, 2.45) is 23.5 Å². The fourth-order valence-corrected chi connectivity index (χ4v) is 7.15. The van der Waals surface area contributed by atoms with Gasteiger partial charge in [-0.3, -0.25) is 19.3 Å². The minimum absolute atomic E-state index is 0.00208. The minimum atomic E-state index is -2.68. The molecule has 6 atom stereocenters. The van der Waals surface area contributed by atoms with E-state index in [1.807, 2.05) is 6.08 Å². The van der Waals surface area contributed by atoms with E-state index in [0.717, 1.165) is 12.8 Å². The molecule has 4 rings (SSSR count). The van der Waals surface area contributed by atoms with E-state index in [-0.39, 0.29) is 35.8 Å². The number of nitrogens with one attached hydrogen (secondary N) is 1. The van der Waals surface area contributed by atoms with E-state index in [4.69, 9.17) is 17.3 Å². The number of primary amides is 1. The van der Waals surface area contributed by atoms with E-state index in [2.05, 4.69) is 25.7 Å². The van der Waals surface area contributed by atoms with Gasteiger partial charge in [-0.2, -0.15) is 0 Å². The highest BCUT2D eigenvalue weighted by Gasteiger charge is 2.63. The molecule has 0 saturated carbocycles. The van der Waals surface area contributed by atoms with Crippen molar-refractivity contribution >= 4 is 29.1 Å². The number of hydrogen-bond acceptors (Lipinski definition) is 9. The van der Waals surface area contributed by atoms with Crippen molar-refractivity contribution in [1.29, 1.82) is 0 Å². The highest BCUT2D eigenvalue weighted by Crippen LogP contribution is 2.53. The Balaban J connectivity index is 1.78. The number of Topliss-reactive ketones (excluding diaryl/α,β-unsaturated/α-hetero) is 2. The van der Waals surface area contributed by atoms with Gasteiger partial charge in [0.2, 0.25) is 5.78 Å². The van der Waals surface area contributed by atoms with E-state index in [1.54, 1.807) is 14.1 Å². The van der Waals surface area contributed by atoms with Crippen LogP contribution in [-0.2, 0) is 22.6 Å². The number of likely N-dealkylation sites (N-methyl/N-ethyl adjacent to an activating group) is 1. The molecule has 1 aromatic carbocycles. The fourth-order valence-electron chi connectivity index (χ4n) is 6.86. The van der Waals surface area contributed by atoms with E-state index < -0.39 is 58.0 Å². The van der Waals surface area contributed by atoms with Crippen molar-refractivity contribution in [3.63, 3.8) is 0 Å². The van der Waals surface area contributed by atoms with Crippen molar-refractivity contribution in [3.05, 3.63) is 63.1 Å². The number of phenolic OH excluding ortho intramolecular Hbond substituents is 1. The molecule has 3 unspecified atom stereocenters. The molecule has 1 aromatic rings. The Bertz CT molecular complexity index is 1380. The number of nitrogens with two attached hydrogens (primary N) is 1. The maximum absolute atomic E-state index is 13.8. The number of rotatable bonds is 9. The minimum Gasteiger partial charge on any atom is -0.510 e. The van der Waals surface area contributed by atoms with Crippen LogP contribution in [0.3, 0.4) is 0 Å². The van der Waals surface area contributed by atoms with Gasteiger partial charge >= 0.3 is 0 Å². The zero-order valence-electron chi connectivity index (χ0n) is 23.7. The van der Waals surface area contributed by atoms with Crippen LogP contribution in [0, 0.1) is 17.8 Å². The van der Waals surface area contributed by atoms with Gasteiger partial charge in [0.15, 0.2) is 11.4 Å². The Morgan fingerprint density at radius 3 is 2.54 bits per heavy atom. The number of ketones is 2. The maximum Gasteiger partial charge on any atom is 0.255 e. The molecule has 10 nitrogen and oxygen atoms in total. The van der Waals surface area contributed by atoms with Crippen LogP contribution in [0.25, 0.3) is 0 Å². The number of halogens is 1. The van der Waals surface area contributed by atoms with Gasteiger partial charge in [-0.1, -0.05) is 31.0 Å². The van der Waals surface area contributed by atoms with Crippen molar-refractivity contribution in [2.75, 3.05) is 14.1 Å². The molecule has 0 saturated heterocycles. The first-order chi connectivity index (χ1) is 19.2. The number of carbonyl (C=O) groups is 3. The normalized spacial score (nSPS) is 27.3. The standard InChI is InChI=1S/C30H38ClN3O7/c1-6-8-14(7-2)13(3)33-12-16-11-19(35)21-17(23(16)31)9-15-10-18-24(34(4)5)26(37)22(29(32)40)28(39)30(18,41)27(38)20(15)25(21)36/h6,11,13-15,18,24,33,35,37-38,41H,1,7-10,12H2,2-5H3,(H2,32,40)/t13?,14?,15-,18-,24-,30?/m0/s1. The monoisotopic (exact) mass is 587 g/mol. The van der Waals surface area contributed by atoms with Gasteiger partial charge in [0.05, 0.1) is 11.6 Å². The van der Waals surface area contributed by atoms with Crippen LogP contribution in [0.1, 0.15) is 54.6 Å².